The third-order valence-corrected chi connectivity index (χ3v) is 6.84. The van der Waals surface area contributed by atoms with Crippen LogP contribution in [0.5, 0.6) is 0 Å². The number of nitrogens with zero attached hydrogens (tertiary/aromatic N) is 2. The van der Waals surface area contributed by atoms with Crippen LogP contribution in [-0.4, -0.2) is 81.5 Å². The largest absolute Gasteiger partial charge is 0.481 e. The van der Waals surface area contributed by atoms with Gasteiger partial charge >= 0.3 is 35.8 Å². The number of carbonyl (C=O) groups is 6. The van der Waals surface area contributed by atoms with E-state index in [1.165, 1.54) is 29.3 Å². The van der Waals surface area contributed by atoms with E-state index in [4.69, 9.17) is 36.5 Å². The van der Waals surface area contributed by atoms with Crippen molar-refractivity contribution in [1.82, 2.24) is 0 Å². The molecule has 2 aromatic carbocycles. The number of hydrogen-bond acceptors (Lipinski definition) is 12. The van der Waals surface area contributed by atoms with Gasteiger partial charge in [-0.2, -0.15) is 0 Å². The van der Waals surface area contributed by atoms with Crippen LogP contribution in [0.3, 0.4) is 0 Å². The molecule has 0 aliphatic rings. The van der Waals surface area contributed by atoms with E-state index < -0.39 is 47.9 Å². The maximum atomic E-state index is 12.2. The first-order valence-corrected chi connectivity index (χ1v) is 15.2. The predicted molar refractivity (Wildman–Crippen MR) is 173 cm³/mol. The number of nitrogens with two attached hydrogens (primary N) is 2. The van der Waals surface area contributed by atoms with Crippen molar-refractivity contribution in [2.45, 2.75) is 77.3 Å². The zero-order valence-corrected chi connectivity index (χ0v) is 26.9. The number of hydrazine groups is 2. The third kappa shape index (κ3) is 14.5. The molecular formula is C32H44N4O12. The van der Waals surface area contributed by atoms with Crippen LogP contribution < -0.4 is 21.7 Å². The fraction of sp³-hybridized carbons (Fsp3) is 0.438. The molecule has 2 unspecified atom stereocenters. The van der Waals surface area contributed by atoms with E-state index in [-0.39, 0.29) is 38.0 Å². The van der Waals surface area contributed by atoms with Crippen molar-refractivity contribution in [2.75, 3.05) is 23.2 Å². The number of anilines is 2. The fourth-order valence-electron chi connectivity index (χ4n) is 4.34. The van der Waals surface area contributed by atoms with Crippen molar-refractivity contribution < 1.29 is 58.7 Å². The highest BCUT2D eigenvalue weighted by Crippen LogP contribution is 2.20. The van der Waals surface area contributed by atoms with Crippen molar-refractivity contribution in [3.05, 3.63) is 59.7 Å². The van der Waals surface area contributed by atoms with Gasteiger partial charge in [-0.05, 0) is 88.1 Å². The summed E-state index contributed by atoms with van der Waals surface area (Å²) >= 11 is 0. The summed E-state index contributed by atoms with van der Waals surface area (Å²) in [6.07, 6.45) is 2.31. The van der Waals surface area contributed by atoms with Crippen molar-refractivity contribution in [1.29, 1.82) is 0 Å². The van der Waals surface area contributed by atoms with E-state index in [0.717, 1.165) is 5.01 Å². The molecule has 0 aliphatic heterocycles. The smallest absolute Gasteiger partial charge is 0.338 e. The second kappa shape index (κ2) is 21.6. The van der Waals surface area contributed by atoms with Crippen molar-refractivity contribution >= 4 is 47.2 Å². The molecule has 0 saturated heterocycles. The first-order chi connectivity index (χ1) is 22.7. The Morgan fingerprint density at radius 1 is 0.625 bits per heavy atom. The molecule has 0 radical (unpaired) electrons. The lowest BCUT2D eigenvalue weighted by molar-refractivity contribution is -0.145. The van der Waals surface area contributed by atoms with Crippen LogP contribution in [-0.2, 0) is 28.7 Å². The standard InChI is InChI=1S/C18H26N2O6.C14H18N2O6/c1-3-25-17(23)13-9-11-14(12-10-13)20(19)15(18(24)26-4-2)7-5-6-8-16(21)22;15-16(10-7-5-9(6-8-10)13(19)20)11(14(21)22)3-1-2-4-12(17)18/h9-12,15H,3-8,19H2,1-2H3,(H,21,22);5-8,11H,1-4,15H2,(H,17,18)(H,19,20)(H,21,22). The number of hydrogen-bond donors (Lipinski definition) is 6. The molecule has 2 rings (SSSR count). The number of carboxylic acids is 4. The fourth-order valence-corrected chi connectivity index (χ4v) is 4.34. The van der Waals surface area contributed by atoms with Gasteiger partial charge in [-0.3, -0.25) is 19.6 Å². The Morgan fingerprint density at radius 2 is 1.04 bits per heavy atom. The van der Waals surface area contributed by atoms with Gasteiger partial charge in [0.25, 0.3) is 0 Å². The average molecular weight is 677 g/mol. The number of aliphatic carboxylic acids is 3. The maximum Gasteiger partial charge on any atom is 0.338 e. The molecular weight excluding hydrogens is 632 g/mol. The molecule has 264 valence electrons. The van der Waals surface area contributed by atoms with Gasteiger partial charge in [-0.25, -0.2) is 30.9 Å². The van der Waals surface area contributed by atoms with Crippen LogP contribution in [0.15, 0.2) is 48.5 Å². The SMILES string of the molecule is CCOC(=O)c1ccc(N(N)C(CCCCC(=O)O)C(=O)OCC)cc1.NN(c1ccc(C(=O)O)cc1)C(CCCCC(=O)O)C(=O)O. The van der Waals surface area contributed by atoms with Crippen molar-refractivity contribution in [3.63, 3.8) is 0 Å². The van der Waals surface area contributed by atoms with E-state index in [2.05, 4.69) is 0 Å². The summed E-state index contributed by atoms with van der Waals surface area (Å²) in [6, 6.07) is 10.2. The van der Waals surface area contributed by atoms with Crippen LogP contribution in [0.1, 0.15) is 85.9 Å². The van der Waals surface area contributed by atoms with Gasteiger partial charge in [0.05, 0.1) is 35.7 Å². The van der Waals surface area contributed by atoms with Gasteiger partial charge < -0.3 is 29.9 Å². The molecule has 2 atom stereocenters. The summed E-state index contributed by atoms with van der Waals surface area (Å²) in [5.41, 5.74) is 1.37. The molecule has 0 fully saturated rings. The topological polar surface area (TPSA) is 260 Å². The Morgan fingerprint density at radius 3 is 1.44 bits per heavy atom. The lowest BCUT2D eigenvalue weighted by Crippen LogP contribution is -2.47. The van der Waals surface area contributed by atoms with Gasteiger partial charge in [0, 0.05) is 12.8 Å². The molecule has 0 spiro atoms. The highest BCUT2D eigenvalue weighted by molar-refractivity contribution is 5.90. The van der Waals surface area contributed by atoms with E-state index >= 15 is 0 Å². The molecule has 8 N–H and O–H groups in total. The van der Waals surface area contributed by atoms with E-state index in [1.807, 2.05) is 0 Å². The second-order valence-electron chi connectivity index (χ2n) is 10.3. The number of ether oxygens (including phenoxy) is 2. The number of carboxylic acid groups (broad SMARTS) is 4. The van der Waals surface area contributed by atoms with Crippen LogP contribution >= 0.6 is 0 Å². The molecule has 16 heteroatoms. The van der Waals surface area contributed by atoms with Crippen molar-refractivity contribution in [3.8, 4) is 0 Å². The number of rotatable bonds is 20. The molecule has 0 aromatic heterocycles. The van der Waals surface area contributed by atoms with Crippen LogP contribution in [0.25, 0.3) is 0 Å². The highest BCUT2D eigenvalue weighted by atomic mass is 16.5. The van der Waals surface area contributed by atoms with Gasteiger partial charge in [-0.1, -0.05) is 12.8 Å². The molecule has 0 bridgehead atoms. The second-order valence-corrected chi connectivity index (χ2v) is 10.3. The van der Waals surface area contributed by atoms with Gasteiger partial charge in [0.15, 0.2) is 0 Å². The monoisotopic (exact) mass is 676 g/mol. The summed E-state index contributed by atoms with van der Waals surface area (Å²) in [5.74, 6) is 6.97. The Balaban J connectivity index is 0.000000487. The van der Waals surface area contributed by atoms with Crippen molar-refractivity contribution in [2.24, 2.45) is 11.7 Å². The van der Waals surface area contributed by atoms with E-state index in [9.17, 15) is 33.9 Å². The Bertz CT molecular complexity index is 1350. The summed E-state index contributed by atoms with van der Waals surface area (Å²) in [6.45, 7) is 3.93. The minimum atomic E-state index is -1.12. The minimum Gasteiger partial charge on any atom is -0.481 e. The summed E-state index contributed by atoms with van der Waals surface area (Å²) in [7, 11) is 0. The molecule has 48 heavy (non-hydrogen) atoms. The Kier molecular flexibility index (Phi) is 18.3. The normalized spacial score (nSPS) is 11.6. The Labute approximate surface area is 277 Å². The Hall–Kier alpha value is -5.22. The molecule has 2 aromatic rings. The zero-order valence-electron chi connectivity index (χ0n) is 26.9. The molecule has 0 heterocycles. The number of benzene rings is 2. The van der Waals surface area contributed by atoms with Gasteiger partial charge in [0.1, 0.15) is 12.1 Å². The number of unbranched alkanes of at least 4 members (excludes halogenated alkanes) is 2. The molecule has 16 nitrogen and oxygen atoms in total. The molecule has 0 aliphatic carbocycles. The van der Waals surface area contributed by atoms with Crippen LogP contribution in [0, 0.1) is 0 Å². The van der Waals surface area contributed by atoms with Gasteiger partial charge in [0.2, 0.25) is 0 Å². The molecule has 0 amide bonds. The summed E-state index contributed by atoms with van der Waals surface area (Å²) in [4.78, 5) is 67.0. The van der Waals surface area contributed by atoms with Gasteiger partial charge in [-0.15, -0.1) is 0 Å². The quantitative estimate of drug-likeness (QED) is 0.0508. The third-order valence-electron chi connectivity index (χ3n) is 6.84. The number of carbonyl (C=O) groups excluding carboxylic acids is 2. The first-order valence-electron chi connectivity index (χ1n) is 15.2. The maximum absolute atomic E-state index is 12.2. The summed E-state index contributed by atoms with van der Waals surface area (Å²) < 4.78 is 9.99. The van der Waals surface area contributed by atoms with E-state index in [1.54, 1.807) is 38.1 Å². The van der Waals surface area contributed by atoms with Crippen LogP contribution in [0.2, 0.25) is 0 Å². The number of esters is 2. The summed E-state index contributed by atoms with van der Waals surface area (Å²) in [5, 5.41) is 37.6. The minimum absolute atomic E-state index is 0.0236. The molecule has 0 saturated carbocycles. The first kappa shape index (κ1) is 40.8. The van der Waals surface area contributed by atoms with E-state index in [0.29, 0.717) is 49.0 Å². The predicted octanol–water partition coefficient (Wildman–Crippen LogP) is 3.28. The lowest BCUT2D eigenvalue weighted by atomic mass is 10.1. The van der Waals surface area contributed by atoms with Crippen LogP contribution in [0.4, 0.5) is 11.4 Å². The zero-order chi connectivity index (χ0) is 36.2. The average Bonchev–Trinajstić information content (AvgIpc) is 3.04. The lowest BCUT2D eigenvalue weighted by Gasteiger charge is -2.27. The highest BCUT2D eigenvalue weighted by Gasteiger charge is 2.26. The number of aromatic carboxylic acids is 1.